The monoisotopic (exact) mass is 285 g/mol. The minimum Gasteiger partial charge on any atom is -0.480 e. The molecule has 1 aromatic carbocycles. The number of hydrogen-bond donors (Lipinski definition) is 1. The van der Waals surface area contributed by atoms with Crippen LogP contribution in [-0.4, -0.2) is 16.1 Å². The van der Waals surface area contributed by atoms with E-state index >= 15 is 0 Å². The van der Waals surface area contributed by atoms with E-state index in [4.69, 9.17) is 11.6 Å². The summed E-state index contributed by atoms with van der Waals surface area (Å²) in [7, 11) is 0. The molecule has 0 saturated carbocycles. The molecular formula is C16H12ClNO2. The van der Waals surface area contributed by atoms with E-state index in [1.54, 1.807) is 55.7 Å². The van der Waals surface area contributed by atoms with Crippen LogP contribution in [0.15, 0.2) is 48.8 Å². The zero-order valence-corrected chi connectivity index (χ0v) is 11.6. The first kappa shape index (κ1) is 14.1. The maximum Gasteiger partial charge on any atom is 0.326 e. The van der Waals surface area contributed by atoms with Gasteiger partial charge in [0.15, 0.2) is 5.41 Å². The van der Waals surface area contributed by atoms with Crippen LogP contribution in [0, 0.1) is 11.8 Å². The highest BCUT2D eigenvalue weighted by Gasteiger charge is 2.35. The average Bonchev–Trinajstić information content (AvgIpc) is 2.46. The van der Waals surface area contributed by atoms with Gasteiger partial charge in [-0.3, -0.25) is 9.78 Å². The Morgan fingerprint density at radius 2 is 1.90 bits per heavy atom. The Labute approximate surface area is 122 Å². The summed E-state index contributed by atoms with van der Waals surface area (Å²) in [4.78, 5) is 15.5. The van der Waals surface area contributed by atoms with E-state index in [1.807, 2.05) is 0 Å². The van der Waals surface area contributed by atoms with Gasteiger partial charge in [0.2, 0.25) is 0 Å². The SMILES string of the molecule is CC(C#Cc1ccncc1)(C(=O)O)c1ccccc1Cl. The highest BCUT2D eigenvalue weighted by molar-refractivity contribution is 6.31. The molecule has 0 saturated heterocycles. The van der Waals surface area contributed by atoms with Gasteiger partial charge in [0.25, 0.3) is 0 Å². The second kappa shape index (κ2) is 5.77. The van der Waals surface area contributed by atoms with Crippen LogP contribution in [0.2, 0.25) is 5.02 Å². The Kier molecular flexibility index (Phi) is 4.07. The van der Waals surface area contributed by atoms with Crippen LogP contribution < -0.4 is 0 Å². The molecule has 0 bridgehead atoms. The Balaban J connectivity index is 2.50. The highest BCUT2D eigenvalue weighted by atomic mass is 35.5. The predicted octanol–water partition coefficient (Wildman–Crippen LogP) is 3.13. The van der Waals surface area contributed by atoms with Gasteiger partial charge >= 0.3 is 5.97 Å². The Hall–Kier alpha value is -2.31. The number of pyridine rings is 1. The highest BCUT2D eigenvalue weighted by Crippen LogP contribution is 2.30. The van der Waals surface area contributed by atoms with Crippen molar-refractivity contribution in [2.45, 2.75) is 12.3 Å². The van der Waals surface area contributed by atoms with E-state index in [2.05, 4.69) is 16.8 Å². The molecule has 0 aliphatic carbocycles. The molecular weight excluding hydrogens is 274 g/mol. The van der Waals surface area contributed by atoms with Crippen LogP contribution in [0.3, 0.4) is 0 Å². The predicted molar refractivity (Wildman–Crippen MR) is 77.6 cm³/mol. The number of carbonyl (C=O) groups is 1. The molecule has 1 aromatic heterocycles. The molecule has 0 aliphatic rings. The number of halogens is 1. The summed E-state index contributed by atoms with van der Waals surface area (Å²) in [6, 6.07) is 10.3. The lowest BCUT2D eigenvalue weighted by Gasteiger charge is -2.20. The number of rotatable bonds is 2. The quantitative estimate of drug-likeness (QED) is 0.863. The molecule has 0 fully saturated rings. The molecule has 0 aliphatic heterocycles. The first-order valence-corrected chi connectivity index (χ1v) is 6.33. The van der Waals surface area contributed by atoms with Crippen molar-refractivity contribution >= 4 is 17.6 Å². The van der Waals surface area contributed by atoms with Gasteiger partial charge in [0.05, 0.1) is 0 Å². The fourth-order valence-corrected chi connectivity index (χ4v) is 2.06. The van der Waals surface area contributed by atoms with E-state index in [0.29, 0.717) is 16.1 Å². The van der Waals surface area contributed by atoms with E-state index < -0.39 is 11.4 Å². The lowest BCUT2D eigenvalue weighted by atomic mass is 9.83. The van der Waals surface area contributed by atoms with Crippen molar-refractivity contribution in [1.29, 1.82) is 0 Å². The normalized spacial score (nSPS) is 12.9. The van der Waals surface area contributed by atoms with E-state index in [-0.39, 0.29) is 0 Å². The van der Waals surface area contributed by atoms with Crippen LogP contribution in [0.1, 0.15) is 18.1 Å². The standard InChI is InChI=1S/C16H12ClNO2/c1-16(15(19)20,13-4-2-3-5-14(13)17)9-6-12-7-10-18-11-8-12/h2-5,7-8,10-11H,1H3,(H,19,20). The maximum absolute atomic E-state index is 11.6. The molecule has 0 radical (unpaired) electrons. The van der Waals surface area contributed by atoms with Crippen LogP contribution in [-0.2, 0) is 10.2 Å². The van der Waals surface area contributed by atoms with Gasteiger partial charge in [-0.1, -0.05) is 41.6 Å². The van der Waals surface area contributed by atoms with Gasteiger partial charge in [-0.25, -0.2) is 0 Å². The molecule has 1 unspecified atom stereocenters. The second-order valence-electron chi connectivity index (χ2n) is 4.40. The van der Waals surface area contributed by atoms with Crippen LogP contribution >= 0.6 is 11.6 Å². The van der Waals surface area contributed by atoms with Gasteiger partial charge < -0.3 is 5.11 Å². The van der Waals surface area contributed by atoms with E-state index in [9.17, 15) is 9.90 Å². The Morgan fingerprint density at radius 3 is 2.50 bits per heavy atom. The summed E-state index contributed by atoms with van der Waals surface area (Å²) in [5, 5.41) is 9.91. The molecule has 1 atom stereocenters. The van der Waals surface area contributed by atoms with Crippen molar-refractivity contribution in [2.75, 3.05) is 0 Å². The molecule has 20 heavy (non-hydrogen) atoms. The molecule has 100 valence electrons. The largest absolute Gasteiger partial charge is 0.480 e. The van der Waals surface area contributed by atoms with Crippen LogP contribution in [0.5, 0.6) is 0 Å². The fourth-order valence-electron chi connectivity index (χ4n) is 1.74. The number of carboxylic acids is 1. The molecule has 3 nitrogen and oxygen atoms in total. The number of benzene rings is 1. The van der Waals surface area contributed by atoms with Crippen molar-refractivity contribution in [3.8, 4) is 11.8 Å². The topological polar surface area (TPSA) is 50.2 Å². The number of carboxylic acid groups (broad SMARTS) is 1. The Morgan fingerprint density at radius 1 is 1.25 bits per heavy atom. The number of nitrogens with zero attached hydrogens (tertiary/aromatic N) is 1. The number of hydrogen-bond acceptors (Lipinski definition) is 2. The van der Waals surface area contributed by atoms with Crippen LogP contribution in [0.25, 0.3) is 0 Å². The summed E-state index contributed by atoms with van der Waals surface area (Å²) >= 11 is 6.09. The van der Waals surface area contributed by atoms with E-state index in [1.165, 1.54) is 0 Å². The molecule has 4 heteroatoms. The summed E-state index contributed by atoms with van der Waals surface area (Å²) in [6.45, 7) is 1.55. The van der Waals surface area contributed by atoms with Gasteiger partial charge in [-0.05, 0) is 30.7 Å². The van der Waals surface area contributed by atoms with Gasteiger partial charge in [0.1, 0.15) is 0 Å². The summed E-state index contributed by atoms with van der Waals surface area (Å²) in [5.74, 6) is 4.63. The minimum atomic E-state index is -1.36. The third kappa shape index (κ3) is 2.81. The van der Waals surface area contributed by atoms with Crippen molar-refractivity contribution in [3.05, 3.63) is 64.9 Å². The second-order valence-corrected chi connectivity index (χ2v) is 4.80. The summed E-state index contributed by atoms with van der Waals surface area (Å²) in [6.07, 6.45) is 3.22. The number of aromatic nitrogens is 1. The fraction of sp³-hybridized carbons (Fsp3) is 0.125. The van der Waals surface area contributed by atoms with Crippen molar-refractivity contribution in [1.82, 2.24) is 4.98 Å². The minimum absolute atomic E-state index is 0.390. The Bertz CT molecular complexity index is 688. The smallest absolute Gasteiger partial charge is 0.326 e. The van der Waals surface area contributed by atoms with Gasteiger partial charge in [-0.15, -0.1) is 0 Å². The zero-order valence-electron chi connectivity index (χ0n) is 10.8. The lowest BCUT2D eigenvalue weighted by molar-refractivity contribution is -0.140. The summed E-state index contributed by atoms with van der Waals surface area (Å²) in [5.41, 5.74) is -0.169. The first-order chi connectivity index (χ1) is 9.54. The molecule has 1 N–H and O–H groups in total. The van der Waals surface area contributed by atoms with Crippen LogP contribution in [0.4, 0.5) is 0 Å². The first-order valence-electron chi connectivity index (χ1n) is 5.95. The third-order valence-electron chi connectivity index (χ3n) is 2.98. The van der Waals surface area contributed by atoms with Crippen molar-refractivity contribution < 1.29 is 9.90 Å². The van der Waals surface area contributed by atoms with Gasteiger partial charge in [-0.2, -0.15) is 0 Å². The molecule has 0 spiro atoms. The average molecular weight is 286 g/mol. The molecule has 0 amide bonds. The lowest BCUT2D eigenvalue weighted by Crippen LogP contribution is -2.31. The molecule has 2 aromatic rings. The molecule has 2 rings (SSSR count). The number of aliphatic carboxylic acids is 1. The van der Waals surface area contributed by atoms with Crippen molar-refractivity contribution in [2.24, 2.45) is 0 Å². The summed E-state index contributed by atoms with van der Waals surface area (Å²) < 4.78 is 0. The molecule has 1 heterocycles. The van der Waals surface area contributed by atoms with Crippen molar-refractivity contribution in [3.63, 3.8) is 0 Å². The third-order valence-corrected chi connectivity index (χ3v) is 3.31. The zero-order chi connectivity index (χ0) is 14.6. The van der Waals surface area contributed by atoms with Gasteiger partial charge in [0, 0.05) is 23.0 Å². The maximum atomic E-state index is 11.6. The van der Waals surface area contributed by atoms with E-state index in [0.717, 1.165) is 0 Å².